The molecule has 0 aliphatic carbocycles. The largest absolute Gasteiger partial charge is 0.478 e. The number of nitrogens with zero attached hydrogens (tertiary/aromatic N) is 1. The Morgan fingerprint density at radius 2 is 1.85 bits per heavy atom. The molecule has 0 amide bonds. The number of aromatic amines is 1. The summed E-state index contributed by atoms with van der Waals surface area (Å²) in [5, 5.41) is 11.0. The smallest absolute Gasteiger partial charge is 0.336 e. The number of hydrogen-bond donors (Lipinski definition) is 2. The lowest BCUT2D eigenvalue weighted by Crippen LogP contribution is -2.25. The highest BCUT2D eigenvalue weighted by atomic mass is 32.2. The van der Waals surface area contributed by atoms with E-state index >= 15 is 0 Å². The molecule has 6 heteroatoms. The average Bonchev–Trinajstić information content (AvgIpc) is 3.47. The number of fused-ring (bicyclic) bond motifs is 2. The van der Waals surface area contributed by atoms with Crippen LogP contribution in [0.25, 0.3) is 22.0 Å². The molecule has 1 aromatic heterocycles. The number of carboxylic acids is 1. The maximum atomic E-state index is 12.5. The van der Waals surface area contributed by atoms with Crippen molar-refractivity contribution in [1.82, 2.24) is 9.29 Å². The molecule has 0 bridgehead atoms. The molecule has 0 saturated heterocycles. The van der Waals surface area contributed by atoms with E-state index in [1.165, 1.54) is 5.56 Å². The van der Waals surface area contributed by atoms with E-state index in [2.05, 4.69) is 16.8 Å². The van der Waals surface area contributed by atoms with E-state index in [1.54, 1.807) is 12.1 Å². The molecule has 0 radical (unpaired) electrons. The zero-order valence-electron chi connectivity index (χ0n) is 19.0. The normalized spacial score (nSPS) is 14.1. The van der Waals surface area contributed by atoms with E-state index in [4.69, 9.17) is 0 Å². The summed E-state index contributed by atoms with van der Waals surface area (Å²) in [6.07, 6.45) is 1.87. The lowest BCUT2D eigenvalue weighted by Gasteiger charge is -2.16. The summed E-state index contributed by atoms with van der Waals surface area (Å²) in [5.74, 6) is 5.45. The van der Waals surface area contributed by atoms with Gasteiger partial charge in [-0.2, -0.15) is 0 Å². The second-order valence-electron chi connectivity index (χ2n) is 8.67. The van der Waals surface area contributed by atoms with E-state index in [0.29, 0.717) is 24.2 Å². The summed E-state index contributed by atoms with van der Waals surface area (Å²) in [7, 11) is -1.01. The Labute approximate surface area is 201 Å². The van der Waals surface area contributed by atoms with Gasteiger partial charge < -0.3 is 10.1 Å². The highest BCUT2D eigenvalue weighted by Gasteiger charge is 2.25. The Balaban J connectivity index is 1.52. The first-order valence-electron chi connectivity index (χ1n) is 11.1. The molecule has 1 unspecified atom stereocenters. The first kappa shape index (κ1) is 22.1. The highest BCUT2D eigenvalue weighted by Crippen LogP contribution is 2.31. The number of nitrogens with one attached hydrogen (secondary N) is 1. The number of aromatic carboxylic acids is 1. The number of benzene rings is 3. The minimum atomic E-state index is -1.01. The van der Waals surface area contributed by atoms with Crippen molar-refractivity contribution in [2.24, 2.45) is 0 Å². The van der Waals surface area contributed by atoms with Gasteiger partial charge >= 0.3 is 5.97 Å². The second kappa shape index (κ2) is 8.94. The maximum Gasteiger partial charge on any atom is 0.336 e. The fourth-order valence-corrected chi connectivity index (χ4v) is 5.48. The molecule has 0 spiro atoms. The van der Waals surface area contributed by atoms with Crippen molar-refractivity contribution in [3.05, 3.63) is 94.7 Å². The minimum Gasteiger partial charge on any atom is -0.478 e. The quantitative estimate of drug-likeness (QED) is 0.398. The van der Waals surface area contributed by atoms with Gasteiger partial charge in [0.15, 0.2) is 0 Å². The molecule has 2 heterocycles. The number of rotatable bonds is 4. The van der Waals surface area contributed by atoms with Crippen LogP contribution < -0.4 is 0 Å². The fraction of sp³-hybridized carbons (Fsp3) is 0.179. The van der Waals surface area contributed by atoms with Gasteiger partial charge in [0.2, 0.25) is 0 Å². The van der Waals surface area contributed by atoms with Crippen LogP contribution in [0.1, 0.15) is 46.5 Å². The average molecular weight is 469 g/mol. The van der Waals surface area contributed by atoms with Gasteiger partial charge in [0.1, 0.15) is 0 Å². The van der Waals surface area contributed by atoms with E-state index < -0.39 is 17.0 Å². The summed E-state index contributed by atoms with van der Waals surface area (Å²) >= 11 is 0. The van der Waals surface area contributed by atoms with Crippen LogP contribution in [0.2, 0.25) is 0 Å². The zero-order chi connectivity index (χ0) is 23.8. The molecule has 34 heavy (non-hydrogen) atoms. The van der Waals surface area contributed by atoms with Gasteiger partial charge in [0, 0.05) is 46.7 Å². The molecule has 0 saturated carbocycles. The predicted octanol–water partition coefficient (Wildman–Crippen LogP) is 5.32. The molecule has 0 fully saturated rings. The van der Waals surface area contributed by atoms with Gasteiger partial charge in [-0.15, -0.1) is 0 Å². The van der Waals surface area contributed by atoms with Crippen LogP contribution in [0.5, 0.6) is 0 Å². The Hall–Kier alpha value is -3.66. The molecule has 4 aromatic rings. The fourth-order valence-electron chi connectivity index (χ4n) is 4.35. The van der Waals surface area contributed by atoms with Crippen LogP contribution in [0.3, 0.4) is 0 Å². The van der Waals surface area contributed by atoms with Crippen molar-refractivity contribution in [1.29, 1.82) is 0 Å². The molecule has 5 nitrogen and oxygen atoms in total. The maximum absolute atomic E-state index is 12.5. The summed E-state index contributed by atoms with van der Waals surface area (Å²) in [6, 6.07) is 19.1. The van der Waals surface area contributed by atoms with Crippen molar-refractivity contribution in [3.63, 3.8) is 0 Å². The molecule has 3 aromatic carbocycles. The monoisotopic (exact) mass is 468 g/mol. The Morgan fingerprint density at radius 3 is 2.65 bits per heavy atom. The topological polar surface area (TPSA) is 73.4 Å². The third-order valence-corrected chi connectivity index (χ3v) is 7.61. The number of hydrogen-bond acceptors (Lipinski definition) is 2. The SMILES string of the molecule is CC(C)S(=O)N1Cc2ccc(C#Cc3cccc(C(=O)O)c3-c3ccc4cc[nH]c4c3)cc2C1. The van der Waals surface area contributed by atoms with Gasteiger partial charge in [-0.3, -0.25) is 0 Å². The predicted molar refractivity (Wildman–Crippen MR) is 136 cm³/mol. The van der Waals surface area contributed by atoms with Crippen molar-refractivity contribution >= 4 is 27.9 Å². The number of carbonyl (C=O) groups is 1. The lowest BCUT2D eigenvalue weighted by molar-refractivity contribution is 0.0697. The second-order valence-corrected chi connectivity index (χ2v) is 10.7. The number of carboxylic acid groups (broad SMARTS) is 1. The van der Waals surface area contributed by atoms with Gasteiger partial charge in [0.05, 0.1) is 16.5 Å². The van der Waals surface area contributed by atoms with E-state index in [1.807, 2.05) is 72.9 Å². The summed E-state index contributed by atoms with van der Waals surface area (Å²) in [4.78, 5) is 15.2. The molecule has 1 atom stereocenters. The Kier molecular flexibility index (Phi) is 5.82. The molecule has 1 aliphatic heterocycles. The van der Waals surface area contributed by atoms with Crippen LogP contribution in [0, 0.1) is 11.8 Å². The summed E-state index contributed by atoms with van der Waals surface area (Å²) < 4.78 is 14.5. The van der Waals surface area contributed by atoms with Crippen LogP contribution in [0.15, 0.2) is 66.9 Å². The van der Waals surface area contributed by atoms with Crippen LogP contribution in [-0.2, 0) is 24.1 Å². The summed E-state index contributed by atoms with van der Waals surface area (Å²) in [5.41, 5.74) is 6.40. The van der Waals surface area contributed by atoms with Gasteiger partial charge in [-0.25, -0.2) is 13.3 Å². The van der Waals surface area contributed by atoms with Crippen molar-refractivity contribution in [2.75, 3.05) is 0 Å². The Morgan fingerprint density at radius 1 is 1.03 bits per heavy atom. The third kappa shape index (κ3) is 4.16. The highest BCUT2D eigenvalue weighted by molar-refractivity contribution is 7.83. The number of aromatic nitrogens is 1. The Bertz CT molecular complexity index is 1510. The van der Waals surface area contributed by atoms with Gasteiger partial charge in [-0.1, -0.05) is 36.1 Å². The minimum absolute atomic E-state index is 0.0821. The first-order valence-corrected chi connectivity index (χ1v) is 12.3. The summed E-state index contributed by atoms with van der Waals surface area (Å²) in [6.45, 7) is 5.25. The zero-order valence-corrected chi connectivity index (χ0v) is 19.8. The molecule has 1 aliphatic rings. The van der Waals surface area contributed by atoms with Crippen molar-refractivity contribution in [2.45, 2.75) is 32.2 Å². The van der Waals surface area contributed by atoms with Crippen molar-refractivity contribution < 1.29 is 14.1 Å². The van der Waals surface area contributed by atoms with Crippen molar-refractivity contribution in [3.8, 4) is 23.0 Å². The van der Waals surface area contributed by atoms with Crippen LogP contribution in [0.4, 0.5) is 0 Å². The van der Waals surface area contributed by atoms with Gasteiger partial charge in [-0.05, 0) is 72.3 Å². The standard InChI is InChI=1S/C28H24N2O3S/c1-18(2)34(33)30-16-23-9-7-19(14-24(23)17-30)6-8-21-4-3-5-25(28(31)32)27(21)22-11-10-20-12-13-29-26(20)15-22/h3-5,7,9-15,18,29H,16-17H2,1-2H3,(H,31,32). The van der Waals surface area contributed by atoms with E-state index in [0.717, 1.165) is 27.6 Å². The van der Waals surface area contributed by atoms with E-state index in [9.17, 15) is 14.1 Å². The first-order chi connectivity index (χ1) is 16.4. The molecular formula is C28H24N2O3S. The lowest BCUT2D eigenvalue weighted by atomic mass is 9.93. The third-order valence-electron chi connectivity index (χ3n) is 6.04. The molecular weight excluding hydrogens is 444 g/mol. The molecule has 2 N–H and O–H groups in total. The molecule has 5 rings (SSSR count). The van der Waals surface area contributed by atoms with Gasteiger partial charge in [0.25, 0.3) is 0 Å². The number of H-pyrrole nitrogens is 1. The van der Waals surface area contributed by atoms with E-state index in [-0.39, 0.29) is 10.8 Å². The molecule has 170 valence electrons. The van der Waals surface area contributed by atoms with Crippen LogP contribution >= 0.6 is 0 Å². The van der Waals surface area contributed by atoms with Crippen LogP contribution in [-0.4, -0.2) is 29.8 Å².